The Bertz CT molecular complexity index is 1460. The number of unbranched alkanes of at least 4 members (excludes halogenated alkanes) is 29. The first-order valence-corrected chi connectivity index (χ1v) is 31.2. The number of rotatable bonds is 56. The highest BCUT2D eigenvalue weighted by atomic mass is 16.6. The fraction of sp³-hybridized carbons (Fsp3) is 0.721. The summed E-state index contributed by atoms with van der Waals surface area (Å²) in [5.41, 5.74) is 0. The van der Waals surface area contributed by atoms with E-state index in [1.165, 1.54) is 135 Å². The second-order valence-electron chi connectivity index (χ2n) is 20.5. The molecule has 0 fully saturated rings. The Kier molecular flexibility index (Phi) is 58.8. The Labute approximate surface area is 457 Å². The van der Waals surface area contributed by atoms with Crippen molar-refractivity contribution in [1.29, 1.82) is 0 Å². The van der Waals surface area contributed by atoms with Crippen LogP contribution in [0.25, 0.3) is 0 Å². The number of ether oxygens (including phenoxy) is 3. The lowest BCUT2D eigenvalue weighted by molar-refractivity contribution is -0.167. The van der Waals surface area contributed by atoms with Crippen LogP contribution in [0.1, 0.15) is 297 Å². The molecule has 0 rings (SSSR count). The number of hydrogen-bond acceptors (Lipinski definition) is 6. The van der Waals surface area contributed by atoms with E-state index in [1.54, 1.807) is 0 Å². The summed E-state index contributed by atoms with van der Waals surface area (Å²) in [6.45, 7) is 6.42. The Morgan fingerprint density at radius 1 is 0.284 bits per heavy atom. The average molecular weight is 1030 g/mol. The van der Waals surface area contributed by atoms with Gasteiger partial charge in [0.15, 0.2) is 6.10 Å². The van der Waals surface area contributed by atoms with E-state index >= 15 is 0 Å². The summed E-state index contributed by atoms with van der Waals surface area (Å²) in [6.07, 6.45) is 82.6. The maximum Gasteiger partial charge on any atom is 0.306 e. The molecule has 0 aromatic carbocycles. The first-order chi connectivity index (χ1) is 36.5. The molecule has 0 aromatic heterocycles. The highest BCUT2D eigenvalue weighted by Crippen LogP contribution is 2.16. The summed E-state index contributed by atoms with van der Waals surface area (Å²) in [6, 6.07) is 0. The summed E-state index contributed by atoms with van der Waals surface area (Å²) in [5, 5.41) is 0. The monoisotopic (exact) mass is 1030 g/mol. The van der Waals surface area contributed by atoms with Crippen LogP contribution in [0, 0.1) is 0 Å². The highest BCUT2D eigenvalue weighted by Gasteiger charge is 2.19. The molecule has 0 saturated carbocycles. The van der Waals surface area contributed by atoms with E-state index < -0.39 is 6.10 Å². The van der Waals surface area contributed by atoms with Gasteiger partial charge < -0.3 is 14.2 Å². The van der Waals surface area contributed by atoms with Gasteiger partial charge in [-0.3, -0.25) is 14.4 Å². The number of hydrogen-bond donors (Lipinski definition) is 0. The molecule has 0 heterocycles. The molecule has 424 valence electrons. The van der Waals surface area contributed by atoms with Gasteiger partial charge in [-0.2, -0.15) is 0 Å². The first kappa shape index (κ1) is 70.3. The van der Waals surface area contributed by atoms with Crippen molar-refractivity contribution in [3.63, 3.8) is 0 Å². The molecule has 0 saturated heterocycles. The summed E-state index contributed by atoms with van der Waals surface area (Å²) in [4.78, 5) is 38.3. The fourth-order valence-corrected chi connectivity index (χ4v) is 8.68. The number of carbonyl (C=O) groups is 3. The number of esters is 3. The minimum Gasteiger partial charge on any atom is -0.462 e. The molecular formula is C68H116O6. The molecule has 0 aliphatic carbocycles. The van der Waals surface area contributed by atoms with Crippen molar-refractivity contribution in [3.8, 4) is 0 Å². The summed E-state index contributed by atoms with van der Waals surface area (Å²) in [7, 11) is 0. The van der Waals surface area contributed by atoms with Crippen LogP contribution in [-0.4, -0.2) is 37.2 Å². The van der Waals surface area contributed by atoms with Gasteiger partial charge in [0.05, 0.1) is 0 Å². The first-order valence-electron chi connectivity index (χ1n) is 31.2. The van der Waals surface area contributed by atoms with Gasteiger partial charge in [0.2, 0.25) is 0 Å². The minimum absolute atomic E-state index is 0.0867. The van der Waals surface area contributed by atoms with E-state index in [9.17, 15) is 14.4 Å². The summed E-state index contributed by atoms with van der Waals surface area (Å²) < 4.78 is 16.9. The molecule has 1 atom stereocenters. The fourth-order valence-electron chi connectivity index (χ4n) is 8.68. The van der Waals surface area contributed by atoms with E-state index in [4.69, 9.17) is 14.2 Å². The van der Waals surface area contributed by atoms with Gasteiger partial charge in [-0.1, -0.05) is 259 Å². The smallest absolute Gasteiger partial charge is 0.306 e. The van der Waals surface area contributed by atoms with Crippen LogP contribution >= 0.6 is 0 Å². The third-order valence-corrected chi connectivity index (χ3v) is 13.3. The van der Waals surface area contributed by atoms with E-state index in [0.717, 1.165) is 122 Å². The second kappa shape index (κ2) is 61.9. The van der Waals surface area contributed by atoms with E-state index in [0.29, 0.717) is 19.3 Å². The average Bonchev–Trinajstić information content (AvgIpc) is 3.40. The zero-order valence-corrected chi connectivity index (χ0v) is 48.6. The molecule has 0 bridgehead atoms. The van der Waals surface area contributed by atoms with Gasteiger partial charge in [0, 0.05) is 19.3 Å². The molecule has 0 aliphatic heterocycles. The molecular weight excluding hydrogens is 913 g/mol. The lowest BCUT2D eigenvalue weighted by Gasteiger charge is -2.18. The Morgan fingerprint density at radius 2 is 0.527 bits per heavy atom. The maximum absolute atomic E-state index is 12.9. The number of carbonyl (C=O) groups excluding carboxylic acids is 3. The Balaban J connectivity index is 4.38. The topological polar surface area (TPSA) is 78.9 Å². The van der Waals surface area contributed by atoms with Gasteiger partial charge in [-0.05, 0) is 116 Å². The van der Waals surface area contributed by atoms with Crippen LogP contribution in [0.2, 0.25) is 0 Å². The van der Waals surface area contributed by atoms with Crippen molar-refractivity contribution in [3.05, 3.63) is 97.2 Å². The molecule has 0 aromatic rings. The molecule has 6 nitrogen and oxygen atoms in total. The molecule has 0 radical (unpaired) electrons. The van der Waals surface area contributed by atoms with Crippen LogP contribution in [0.4, 0.5) is 0 Å². The molecule has 6 heteroatoms. The SMILES string of the molecule is CC/C=C\C/C=C\C/C=C\C/C=C\CCCCCCCCCCCCC(=O)OCC(COC(=O)CCCCCCC/C=C\C/C=C\C/C=C\CC)OC(=O)CCCCCCCCC/C=C\CCCCCCCCC. The normalized spacial score (nSPS) is 12.7. The van der Waals surface area contributed by atoms with Gasteiger partial charge in [-0.15, -0.1) is 0 Å². The van der Waals surface area contributed by atoms with Crippen LogP contribution in [0.3, 0.4) is 0 Å². The van der Waals surface area contributed by atoms with Gasteiger partial charge in [0.1, 0.15) is 13.2 Å². The molecule has 74 heavy (non-hydrogen) atoms. The van der Waals surface area contributed by atoms with Crippen molar-refractivity contribution < 1.29 is 28.6 Å². The lowest BCUT2D eigenvalue weighted by Crippen LogP contribution is -2.30. The highest BCUT2D eigenvalue weighted by molar-refractivity contribution is 5.71. The Hall–Kier alpha value is -3.67. The third-order valence-electron chi connectivity index (χ3n) is 13.3. The third kappa shape index (κ3) is 59.2. The quantitative estimate of drug-likeness (QED) is 0.0261. The molecule has 1 unspecified atom stereocenters. The van der Waals surface area contributed by atoms with Crippen LogP contribution in [0.15, 0.2) is 97.2 Å². The molecule has 0 amide bonds. The Morgan fingerprint density at radius 3 is 0.838 bits per heavy atom. The second-order valence-corrected chi connectivity index (χ2v) is 20.5. The van der Waals surface area contributed by atoms with Gasteiger partial charge >= 0.3 is 17.9 Å². The van der Waals surface area contributed by atoms with Crippen molar-refractivity contribution in [2.75, 3.05) is 13.2 Å². The number of allylic oxidation sites excluding steroid dienone is 16. The minimum atomic E-state index is -0.791. The van der Waals surface area contributed by atoms with Crippen molar-refractivity contribution in [1.82, 2.24) is 0 Å². The lowest BCUT2D eigenvalue weighted by atomic mass is 10.1. The van der Waals surface area contributed by atoms with Crippen molar-refractivity contribution in [2.45, 2.75) is 303 Å². The van der Waals surface area contributed by atoms with Gasteiger partial charge in [-0.25, -0.2) is 0 Å². The van der Waals surface area contributed by atoms with E-state index in [1.807, 2.05) is 0 Å². The predicted molar refractivity (Wildman–Crippen MR) is 320 cm³/mol. The van der Waals surface area contributed by atoms with Crippen LogP contribution < -0.4 is 0 Å². The molecule has 0 aliphatic rings. The summed E-state index contributed by atoms with van der Waals surface area (Å²) in [5.74, 6) is -0.904. The standard InChI is InChI=1S/C68H116O6/c1-4-7-10-13-16-19-22-25-28-30-32-33-34-35-36-38-40-43-46-49-52-55-58-61-67(70)73-64-65(63-72-66(69)60-57-54-51-48-45-42-39-27-24-21-18-15-12-9-6-3)74-68(71)62-59-56-53-50-47-44-41-37-31-29-26-23-20-17-14-11-8-5-2/h7,9-10,12,16,18-19,21,25,27-29,31-33,39,65H,4-6,8,11,13-15,17,20,22-24,26,30,34-38,40-64H2,1-3H3/b10-7-,12-9-,19-16-,21-18-,28-25-,31-29-,33-32-,39-27-. The van der Waals surface area contributed by atoms with Crippen molar-refractivity contribution >= 4 is 17.9 Å². The van der Waals surface area contributed by atoms with Crippen LogP contribution in [-0.2, 0) is 28.6 Å². The predicted octanol–water partition coefficient (Wildman–Crippen LogP) is 21.3. The summed E-state index contributed by atoms with van der Waals surface area (Å²) >= 11 is 0. The largest absolute Gasteiger partial charge is 0.462 e. The van der Waals surface area contributed by atoms with E-state index in [2.05, 4.69) is 118 Å². The van der Waals surface area contributed by atoms with Crippen LogP contribution in [0.5, 0.6) is 0 Å². The van der Waals surface area contributed by atoms with E-state index in [-0.39, 0.29) is 31.1 Å². The zero-order valence-electron chi connectivity index (χ0n) is 48.6. The molecule has 0 spiro atoms. The zero-order chi connectivity index (χ0) is 53.6. The maximum atomic E-state index is 12.9. The van der Waals surface area contributed by atoms with Crippen molar-refractivity contribution in [2.24, 2.45) is 0 Å². The van der Waals surface area contributed by atoms with Gasteiger partial charge in [0.25, 0.3) is 0 Å². The molecule has 0 N–H and O–H groups in total.